The fourth-order valence-corrected chi connectivity index (χ4v) is 2.01. The lowest BCUT2D eigenvalue weighted by Gasteiger charge is -2.12. The molecule has 2 aromatic carbocycles. The molecule has 0 radical (unpaired) electrons. The van der Waals surface area contributed by atoms with Crippen LogP contribution in [0.25, 0.3) is 0 Å². The van der Waals surface area contributed by atoms with E-state index in [4.69, 9.17) is 34.3 Å². The first kappa shape index (κ1) is 14.7. The van der Waals surface area contributed by atoms with Gasteiger partial charge in [-0.25, -0.2) is 8.78 Å². The number of thiocarbonyl (C=S) groups is 1. The van der Waals surface area contributed by atoms with Crippen LogP contribution in [0, 0.1) is 11.6 Å². The van der Waals surface area contributed by atoms with Gasteiger partial charge in [0.25, 0.3) is 0 Å². The molecule has 2 rings (SSSR count). The van der Waals surface area contributed by atoms with Crippen LogP contribution in [0.15, 0.2) is 36.4 Å². The second kappa shape index (κ2) is 6.15. The Bertz CT molecular complexity index is 664. The van der Waals surface area contributed by atoms with Crippen LogP contribution >= 0.6 is 23.8 Å². The van der Waals surface area contributed by atoms with E-state index in [1.54, 1.807) is 6.07 Å². The number of hydrogen-bond acceptors (Lipinski definition) is 2. The summed E-state index contributed by atoms with van der Waals surface area (Å²) < 4.78 is 32.6. The third-order valence-electron chi connectivity index (χ3n) is 2.62. The molecular formula is C14H10ClF2NOS. The Hall–Kier alpha value is -1.72. The number of benzene rings is 2. The summed E-state index contributed by atoms with van der Waals surface area (Å²) in [5, 5.41) is 0.292. The van der Waals surface area contributed by atoms with Crippen LogP contribution in [0.1, 0.15) is 11.1 Å². The summed E-state index contributed by atoms with van der Waals surface area (Å²) in [4.78, 5) is -0.116. The Morgan fingerprint density at radius 3 is 2.60 bits per heavy atom. The largest absolute Gasteiger partial charge is 0.488 e. The van der Waals surface area contributed by atoms with Gasteiger partial charge < -0.3 is 10.5 Å². The van der Waals surface area contributed by atoms with E-state index in [1.807, 2.05) is 0 Å². The summed E-state index contributed by atoms with van der Waals surface area (Å²) in [6.45, 7) is -0.0813. The van der Waals surface area contributed by atoms with Crippen molar-refractivity contribution in [1.82, 2.24) is 0 Å². The SMILES string of the molecule is NC(=S)c1c(F)cccc1OCc1ccc(Cl)cc1F. The van der Waals surface area contributed by atoms with Crippen molar-refractivity contribution in [3.63, 3.8) is 0 Å². The van der Waals surface area contributed by atoms with Gasteiger partial charge in [-0.1, -0.05) is 36.0 Å². The number of hydrogen-bond donors (Lipinski definition) is 1. The second-order valence-corrected chi connectivity index (χ2v) is 4.88. The molecule has 0 fully saturated rings. The Morgan fingerprint density at radius 2 is 1.95 bits per heavy atom. The van der Waals surface area contributed by atoms with Crippen molar-refractivity contribution in [2.75, 3.05) is 0 Å². The molecule has 0 bridgehead atoms. The molecule has 0 aromatic heterocycles. The van der Waals surface area contributed by atoms with E-state index in [1.165, 1.54) is 30.3 Å². The van der Waals surface area contributed by atoms with Crippen LogP contribution in [-0.2, 0) is 6.61 Å². The van der Waals surface area contributed by atoms with Crippen molar-refractivity contribution in [2.24, 2.45) is 5.73 Å². The Labute approximate surface area is 125 Å². The maximum absolute atomic E-state index is 13.6. The number of nitrogens with two attached hydrogens (primary N) is 1. The van der Waals surface area contributed by atoms with Gasteiger partial charge in [-0.15, -0.1) is 0 Å². The third kappa shape index (κ3) is 3.23. The van der Waals surface area contributed by atoms with Crippen molar-refractivity contribution in [1.29, 1.82) is 0 Å². The van der Waals surface area contributed by atoms with Crippen LogP contribution in [-0.4, -0.2) is 4.99 Å². The summed E-state index contributed by atoms with van der Waals surface area (Å²) in [6, 6.07) is 8.43. The van der Waals surface area contributed by atoms with E-state index in [2.05, 4.69) is 0 Å². The lowest BCUT2D eigenvalue weighted by Crippen LogP contribution is -2.14. The van der Waals surface area contributed by atoms with Crippen molar-refractivity contribution in [2.45, 2.75) is 6.61 Å². The first-order valence-electron chi connectivity index (χ1n) is 5.64. The van der Waals surface area contributed by atoms with Gasteiger partial charge in [0, 0.05) is 10.6 Å². The lowest BCUT2D eigenvalue weighted by atomic mass is 10.2. The smallest absolute Gasteiger partial charge is 0.137 e. The molecule has 104 valence electrons. The molecule has 0 heterocycles. The molecule has 0 aliphatic rings. The topological polar surface area (TPSA) is 35.2 Å². The van der Waals surface area contributed by atoms with E-state index >= 15 is 0 Å². The number of rotatable bonds is 4. The Morgan fingerprint density at radius 1 is 1.20 bits per heavy atom. The summed E-state index contributed by atoms with van der Waals surface area (Å²) in [5.74, 6) is -0.899. The van der Waals surface area contributed by atoms with Crippen LogP contribution in [0.3, 0.4) is 0 Å². The standard InChI is InChI=1S/C14H10ClF2NOS/c15-9-5-4-8(11(17)6-9)7-19-12-3-1-2-10(16)13(12)14(18)20/h1-6H,7H2,(H2,18,20). The van der Waals surface area contributed by atoms with Crippen LogP contribution in [0.5, 0.6) is 5.75 Å². The molecule has 0 spiro atoms. The highest BCUT2D eigenvalue weighted by atomic mass is 35.5. The first-order valence-corrected chi connectivity index (χ1v) is 6.42. The van der Waals surface area contributed by atoms with Gasteiger partial charge in [0.05, 0.1) is 5.56 Å². The fourth-order valence-electron chi connectivity index (χ4n) is 1.66. The summed E-state index contributed by atoms with van der Waals surface area (Å²) in [5.41, 5.74) is 5.76. The van der Waals surface area contributed by atoms with Gasteiger partial charge >= 0.3 is 0 Å². The third-order valence-corrected chi connectivity index (χ3v) is 3.06. The molecule has 0 unspecified atom stereocenters. The molecule has 0 saturated carbocycles. The quantitative estimate of drug-likeness (QED) is 0.871. The van der Waals surface area contributed by atoms with Crippen LogP contribution < -0.4 is 10.5 Å². The predicted octanol–water partition coefficient (Wildman–Crippen LogP) is 3.83. The molecule has 2 nitrogen and oxygen atoms in total. The van der Waals surface area contributed by atoms with E-state index < -0.39 is 11.6 Å². The molecule has 0 saturated heterocycles. The average Bonchev–Trinajstić information content (AvgIpc) is 2.37. The van der Waals surface area contributed by atoms with Crippen molar-refractivity contribution >= 4 is 28.8 Å². The minimum atomic E-state index is -0.577. The van der Waals surface area contributed by atoms with Crippen molar-refractivity contribution < 1.29 is 13.5 Å². The van der Waals surface area contributed by atoms with Gasteiger partial charge in [0.15, 0.2) is 0 Å². The van der Waals surface area contributed by atoms with Crippen molar-refractivity contribution in [3.8, 4) is 5.75 Å². The van der Waals surface area contributed by atoms with Gasteiger partial charge in [0.1, 0.15) is 29.0 Å². The van der Waals surface area contributed by atoms with Gasteiger partial charge in [-0.2, -0.15) is 0 Å². The summed E-state index contributed by atoms with van der Waals surface area (Å²) in [7, 11) is 0. The zero-order valence-electron chi connectivity index (χ0n) is 10.2. The molecule has 20 heavy (non-hydrogen) atoms. The highest BCUT2D eigenvalue weighted by molar-refractivity contribution is 7.80. The zero-order chi connectivity index (χ0) is 14.7. The molecule has 0 amide bonds. The zero-order valence-corrected chi connectivity index (χ0v) is 11.8. The Balaban J connectivity index is 2.23. The highest BCUT2D eigenvalue weighted by Crippen LogP contribution is 2.23. The highest BCUT2D eigenvalue weighted by Gasteiger charge is 2.13. The maximum atomic E-state index is 13.6. The predicted molar refractivity (Wildman–Crippen MR) is 78.0 cm³/mol. The minimum Gasteiger partial charge on any atom is -0.488 e. The van der Waals surface area contributed by atoms with E-state index in [9.17, 15) is 8.78 Å². The maximum Gasteiger partial charge on any atom is 0.137 e. The molecule has 0 aliphatic carbocycles. The summed E-state index contributed by atoms with van der Waals surface area (Å²) in [6.07, 6.45) is 0. The van der Waals surface area contributed by atoms with Gasteiger partial charge in [-0.05, 0) is 24.3 Å². The lowest BCUT2D eigenvalue weighted by molar-refractivity contribution is 0.298. The van der Waals surface area contributed by atoms with E-state index in [0.29, 0.717) is 10.6 Å². The molecule has 2 N–H and O–H groups in total. The first-order chi connectivity index (χ1) is 9.49. The molecule has 6 heteroatoms. The van der Waals surface area contributed by atoms with Gasteiger partial charge in [0.2, 0.25) is 0 Å². The molecular weight excluding hydrogens is 304 g/mol. The Kier molecular flexibility index (Phi) is 4.52. The second-order valence-electron chi connectivity index (χ2n) is 4.00. The number of halogens is 3. The monoisotopic (exact) mass is 313 g/mol. The van der Waals surface area contributed by atoms with Gasteiger partial charge in [-0.3, -0.25) is 0 Å². The van der Waals surface area contributed by atoms with Crippen LogP contribution in [0.2, 0.25) is 5.02 Å². The van der Waals surface area contributed by atoms with E-state index in [-0.39, 0.29) is 22.9 Å². The van der Waals surface area contributed by atoms with Crippen LogP contribution in [0.4, 0.5) is 8.78 Å². The fraction of sp³-hybridized carbons (Fsp3) is 0.0714. The molecule has 0 aliphatic heterocycles. The normalized spacial score (nSPS) is 10.3. The minimum absolute atomic E-state index is 0.0110. The molecule has 0 atom stereocenters. The summed E-state index contributed by atoms with van der Waals surface area (Å²) >= 11 is 10.4. The molecule has 2 aromatic rings. The average molecular weight is 314 g/mol. The van der Waals surface area contributed by atoms with E-state index in [0.717, 1.165) is 0 Å². The number of ether oxygens (including phenoxy) is 1. The van der Waals surface area contributed by atoms with Crippen molar-refractivity contribution in [3.05, 3.63) is 64.2 Å².